The van der Waals surface area contributed by atoms with Crippen LogP contribution in [0.4, 0.5) is 0 Å². The van der Waals surface area contributed by atoms with Crippen molar-refractivity contribution in [3.63, 3.8) is 0 Å². The number of likely N-dealkylation sites (N-methyl/N-ethyl adjacent to an activating group) is 1. The average molecular weight is 166 g/mol. The number of halogens is 1. The Labute approximate surface area is 68.7 Å². The first-order chi connectivity index (χ1) is 4.17. The number of nitrogens with one attached hydrogen (secondary N) is 1. The van der Waals surface area contributed by atoms with Crippen LogP contribution in [0.25, 0.3) is 0 Å². The minimum atomic E-state index is 0. The van der Waals surface area contributed by atoms with E-state index >= 15 is 0 Å². The predicted octanol–water partition coefficient (Wildman–Crippen LogP) is 1.05. The Morgan fingerprint density at radius 2 is 2.10 bits per heavy atom. The monoisotopic (exact) mass is 165 g/mol. The second-order valence-corrected chi connectivity index (χ2v) is 3.34. The Morgan fingerprint density at radius 3 is 2.30 bits per heavy atom. The summed E-state index contributed by atoms with van der Waals surface area (Å²) >= 11 is 0. The van der Waals surface area contributed by atoms with E-state index in [0.29, 0.717) is 11.5 Å². The van der Waals surface area contributed by atoms with Crippen molar-refractivity contribution in [2.75, 3.05) is 20.3 Å². The maximum absolute atomic E-state index is 5.30. The van der Waals surface area contributed by atoms with E-state index in [4.69, 9.17) is 4.74 Å². The zero-order valence-electron chi connectivity index (χ0n) is 6.81. The third-order valence-corrected chi connectivity index (χ3v) is 2.05. The van der Waals surface area contributed by atoms with Gasteiger partial charge in [-0.3, -0.25) is 0 Å². The molecule has 0 saturated carbocycles. The number of ether oxygens (including phenoxy) is 1. The van der Waals surface area contributed by atoms with Gasteiger partial charge in [0.15, 0.2) is 0 Å². The van der Waals surface area contributed by atoms with Crippen LogP contribution in [0, 0.1) is 5.41 Å². The summed E-state index contributed by atoms with van der Waals surface area (Å²) in [7, 11) is 1.99. The Bertz CT molecular complexity index is 106. The molecule has 0 aromatic rings. The molecule has 1 heterocycles. The summed E-state index contributed by atoms with van der Waals surface area (Å²) in [5.74, 6) is 0. The molecule has 1 saturated heterocycles. The molecule has 1 atom stereocenters. The van der Waals surface area contributed by atoms with Gasteiger partial charge >= 0.3 is 0 Å². The lowest BCUT2D eigenvalue weighted by atomic mass is 9.88. The standard InChI is InChI=1S/C7H15NO.ClH/c1-7(2)5-9-4-6(7)8-3;/h6,8H,4-5H2,1-3H3;1H. The summed E-state index contributed by atoms with van der Waals surface area (Å²) in [6.45, 7) is 6.20. The Hall–Kier alpha value is 0.210. The van der Waals surface area contributed by atoms with Crippen LogP contribution in [0.15, 0.2) is 0 Å². The van der Waals surface area contributed by atoms with Crippen molar-refractivity contribution in [3.8, 4) is 0 Å². The Morgan fingerprint density at radius 1 is 1.50 bits per heavy atom. The number of hydrogen-bond donors (Lipinski definition) is 1. The summed E-state index contributed by atoms with van der Waals surface area (Å²) in [4.78, 5) is 0. The molecular weight excluding hydrogens is 150 g/mol. The molecule has 1 N–H and O–H groups in total. The van der Waals surface area contributed by atoms with Crippen molar-refractivity contribution in [1.29, 1.82) is 0 Å². The summed E-state index contributed by atoms with van der Waals surface area (Å²) in [6.07, 6.45) is 0. The first-order valence-corrected chi connectivity index (χ1v) is 3.42. The van der Waals surface area contributed by atoms with E-state index in [1.807, 2.05) is 7.05 Å². The SMILES string of the molecule is CNC1COCC1(C)C.Cl. The number of rotatable bonds is 1. The van der Waals surface area contributed by atoms with Gasteiger partial charge in [0, 0.05) is 11.5 Å². The minimum Gasteiger partial charge on any atom is -0.379 e. The van der Waals surface area contributed by atoms with Crippen LogP contribution in [0.5, 0.6) is 0 Å². The molecule has 0 radical (unpaired) electrons. The molecule has 3 heteroatoms. The molecule has 0 bridgehead atoms. The molecule has 62 valence electrons. The van der Waals surface area contributed by atoms with Crippen molar-refractivity contribution in [1.82, 2.24) is 5.32 Å². The van der Waals surface area contributed by atoms with Crippen LogP contribution < -0.4 is 5.32 Å². The van der Waals surface area contributed by atoms with Gasteiger partial charge in [-0.2, -0.15) is 0 Å². The summed E-state index contributed by atoms with van der Waals surface area (Å²) in [5, 5.41) is 3.23. The van der Waals surface area contributed by atoms with Gasteiger partial charge < -0.3 is 10.1 Å². The van der Waals surface area contributed by atoms with Crippen LogP contribution in [-0.4, -0.2) is 26.3 Å². The average Bonchev–Trinajstić information content (AvgIpc) is 2.08. The lowest BCUT2D eigenvalue weighted by Gasteiger charge is -2.23. The maximum Gasteiger partial charge on any atom is 0.0625 e. The molecule has 2 nitrogen and oxygen atoms in total. The van der Waals surface area contributed by atoms with Gasteiger partial charge in [-0.25, -0.2) is 0 Å². The second-order valence-electron chi connectivity index (χ2n) is 3.34. The van der Waals surface area contributed by atoms with Crippen molar-refractivity contribution >= 4 is 12.4 Å². The largest absolute Gasteiger partial charge is 0.379 e. The van der Waals surface area contributed by atoms with Gasteiger partial charge in [0.25, 0.3) is 0 Å². The van der Waals surface area contributed by atoms with E-state index in [-0.39, 0.29) is 12.4 Å². The van der Waals surface area contributed by atoms with Gasteiger partial charge in [0.05, 0.1) is 13.2 Å². The molecule has 1 aliphatic heterocycles. The van der Waals surface area contributed by atoms with E-state index in [9.17, 15) is 0 Å². The molecule has 0 aromatic carbocycles. The molecule has 1 rings (SSSR count). The van der Waals surface area contributed by atoms with Crippen LogP contribution in [-0.2, 0) is 4.74 Å². The molecular formula is C7H16ClNO. The number of hydrogen-bond acceptors (Lipinski definition) is 2. The van der Waals surface area contributed by atoms with Crippen LogP contribution in [0.2, 0.25) is 0 Å². The summed E-state index contributed by atoms with van der Waals surface area (Å²) in [5.41, 5.74) is 0.328. The highest BCUT2D eigenvalue weighted by Crippen LogP contribution is 2.26. The summed E-state index contributed by atoms with van der Waals surface area (Å²) < 4.78 is 5.30. The molecule has 0 aromatic heterocycles. The molecule has 1 unspecified atom stereocenters. The topological polar surface area (TPSA) is 21.3 Å². The van der Waals surface area contributed by atoms with Crippen molar-refractivity contribution in [2.24, 2.45) is 5.41 Å². The first-order valence-electron chi connectivity index (χ1n) is 3.42. The fraction of sp³-hybridized carbons (Fsp3) is 1.00. The molecule has 0 aliphatic carbocycles. The molecule has 10 heavy (non-hydrogen) atoms. The summed E-state index contributed by atoms with van der Waals surface area (Å²) in [6, 6.07) is 0.539. The fourth-order valence-corrected chi connectivity index (χ4v) is 1.24. The maximum atomic E-state index is 5.30. The van der Waals surface area contributed by atoms with Gasteiger partial charge in [-0.05, 0) is 7.05 Å². The predicted molar refractivity (Wildman–Crippen MR) is 44.7 cm³/mol. The van der Waals surface area contributed by atoms with E-state index in [1.54, 1.807) is 0 Å². The zero-order chi connectivity index (χ0) is 6.91. The second kappa shape index (κ2) is 3.56. The van der Waals surface area contributed by atoms with E-state index in [0.717, 1.165) is 13.2 Å². The quantitative estimate of drug-likeness (QED) is 0.628. The van der Waals surface area contributed by atoms with E-state index in [1.165, 1.54) is 0 Å². The van der Waals surface area contributed by atoms with Gasteiger partial charge in [0.2, 0.25) is 0 Å². The van der Waals surface area contributed by atoms with Crippen molar-refractivity contribution in [2.45, 2.75) is 19.9 Å². The van der Waals surface area contributed by atoms with Crippen LogP contribution in [0.3, 0.4) is 0 Å². The van der Waals surface area contributed by atoms with E-state index in [2.05, 4.69) is 19.2 Å². The lowest BCUT2D eigenvalue weighted by Crippen LogP contribution is -2.38. The highest BCUT2D eigenvalue weighted by molar-refractivity contribution is 5.85. The van der Waals surface area contributed by atoms with Gasteiger partial charge in [0.1, 0.15) is 0 Å². The molecule has 0 amide bonds. The minimum absolute atomic E-state index is 0. The van der Waals surface area contributed by atoms with Crippen molar-refractivity contribution in [3.05, 3.63) is 0 Å². The van der Waals surface area contributed by atoms with Crippen LogP contribution >= 0.6 is 12.4 Å². The third kappa shape index (κ3) is 1.84. The highest BCUT2D eigenvalue weighted by atomic mass is 35.5. The van der Waals surface area contributed by atoms with E-state index < -0.39 is 0 Å². The smallest absolute Gasteiger partial charge is 0.0625 e. The molecule has 1 fully saturated rings. The lowest BCUT2D eigenvalue weighted by molar-refractivity contribution is 0.166. The zero-order valence-corrected chi connectivity index (χ0v) is 7.62. The normalized spacial score (nSPS) is 29.7. The highest BCUT2D eigenvalue weighted by Gasteiger charge is 2.34. The van der Waals surface area contributed by atoms with Crippen LogP contribution in [0.1, 0.15) is 13.8 Å². The van der Waals surface area contributed by atoms with Gasteiger partial charge in [-0.15, -0.1) is 12.4 Å². The van der Waals surface area contributed by atoms with Crippen molar-refractivity contribution < 1.29 is 4.74 Å². The first kappa shape index (κ1) is 10.2. The molecule has 0 spiro atoms. The Kier molecular flexibility index (Phi) is 3.63. The molecule has 1 aliphatic rings. The third-order valence-electron chi connectivity index (χ3n) is 2.05. The Balaban J connectivity index is 0.000000810. The van der Waals surface area contributed by atoms with Gasteiger partial charge in [-0.1, -0.05) is 13.8 Å². The fourth-order valence-electron chi connectivity index (χ4n) is 1.24.